The van der Waals surface area contributed by atoms with E-state index < -0.39 is 24.0 Å². The zero-order chi connectivity index (χ0) is 11.5. The van der Waals surface area contributed by atoms with Crippen LogP contribution in [0.4, 0.5) is 4.39 Å². The van der Waals surface area contributed by atoms with Crippen molar-refractivity contribution in [2.24, 2.45) is 11.3 Å². The molecule has 0 heterocycles. The Morgan fingerprint density at radius 3 is 2.27 bits per heavy atom. The van der Waals surface area contributed by atoms with Crippen LogP contribution in [0.2, 0.25) is 0 Å². The van der Waals surface area contributed by atoms with Gasteiger partial charge in [0.25, 0.3) is 0 Å². The van der Waals surface area contributed by atoms with Gasteiger partial charge in [0, 0.05) is 6.42 Å². The molecule has 4 heteroatoms. The largest absolute Gasteiger partial charge is 0.481 e. The maximum Gasteiger partial charge on any atom is 0.306 e. The van der Waals surface area contributed by atoms with Crippen LogP contribution in [-0.4, -0.2) is 23.5 Å². The Kier molecular flexibility index (Phi) is 3.83. The summed E-state index contributed by atoms with van der Waals surface area (Å²) < 4.78 is 12.9. The molecule has 0 atom stereocenters. The van der Waals surface area contributed by atoms with E-state index in [2.05, 4.69) is 0 Å². The van der Waals surface area contributed by atoms with Gasteiger partial charge in [-0.1, -0.05) is 6.92 Å². The first-order valence-corrected chi connectivity index (χ1v) is 5.38. The average molecular weight is 216 g/mol. The Labute approximate surface area is 88.7 Å². The summed E-state index contributed by atoms with van der Waals surface area (Å²) >= 11 is 0. The van der Waals surface area contributed by atoms with Gasteiger partial charge in [0.2, 0.25) is 0 Å². The van der Waals surface area contributed by atoms with E-state index in [0.29, 0.717) is 32.1 Å². The highest BCUT2D eigenvalue weighted by atomic mass is 19.1. The summed E-state index contributed by atoms with van der Waals surface area (Å²) in [6.07, 6.45) is 1.94. The molecule has 86 valence electrons. The van der Waals surface area contributed by atoms with Gasteiger partial charge in [0.1, 0.15) is 12.5 Å². The average Bonchev–Trinajstić information content (AvgIpc) is 2.27. The van der Waals surface area contributed by atoms with E-state index in [1.54, 1.807) is 6.92 Å². The first kappa shape index (κ1) is 12.1. The van der Waals surface area contributed by atoms with Crippen LogP contribution in [0.1, 0.15) is 39.0 Å². The quantitative estimate of drug-likeness (QED) is 0.783. The van der Waals surface area contributed by atoms with Crippen molar-refractivity contribution in [1.82, 2.24) is 0 Å². The molecule has 3 nitrogen and oxygen atoms in total. The summed E-state index contributed by atoms with van der Waals surface area (Å²) in [7, 11) is 0. The standard InChI is InChI=1S/C11H17FO3/c1-2-9(13)11(7-12)5-3-8(4-6-11)10(14)15/h8H,2-7H2,1H3,(H,14,15). The molecule has 1 aliphatic rings. The zero-order valence-corrected chi connectivity index (χ0v) is 8.96. The van der Waals surface area contributed by atoms with E-state index in [1.807, 2.05) is 0 Å². The molecule has 1 fully saturated rings. The summed E-state index contributed by atoms with van der Waals surface area (Å²) in [4.78, 5) is 22.3. The Balaban J connectivity index is 2.66. The van der Waals surface area contributed by atoms with Crippen molar-refractivity contribution in [1.29, 1.82) is 0 Å². The summed E-state index contributed by atoms with van der Waals surface area (Å²) in [6.45, 7) is 1.08. The fourth-order valence-electron chi connectivity index (χ4n) is 2.28. The van der Waals surface area contributed by atoms with Crippen molar-refractivity contribution in [2.45, 2.75) is 39.0 Å². The van der Waals surface area contributed by atoms with Crippen molar-refractivity contribution in [2.75, 3.05) is 6.67 Å². The van der Waals surface area contributed by atoms with Crippen molar-refractivity contribution in [3.8, 4) is 0 Å². The minimum Gasteiger partial charge on any atom is -0.481 e. The van der Waals surface area contributed by atoms with Crippen LogP contribution in [-0.2, 0) is 9.59 Å². The van der Waals surface area contributed by atoms with E-state index in [1.165, 1.54) is 0 Å². The Morgan fingerprint density at radius 1 is 1.40 bits per heavy atom. The number of hydrogen-bond donors (Lipinski definition) is 1. The van der Waals surface area contributed by atoms with Crippen LogP contribution >= 0.6 is 0 Å². The normalized spacial score (nSPS) is 31.2. The number of alkyl halides is 1. The second-order valence-corrected chi connectivity index (χ2v) is 4.30. The van der Waals surface area contributed by atoms with E-state index in [0.717, 1.165) is 0 Å². The molecule has 0 radical (unpaired) electrons. The van der Waals surface area contributed by atoms with Crippen molar-refractivity contribution in [3.05, 3.63) is 0 Å². The number of aliphatic carboxylic acids is 1. The number of ketones is 1. The summed E-state index contributed by atoms with van der Waals surface area (Å²) in [6, 6.07) is 0. The van der Waals surface area contributed by atoms with Crippen LogP contribution in [0.5, 0.6) is 0 Å². The highest BCUT2D eigenvalue weighted by molar-refractivity contribution is 5.85. The molecule has 0 spiro atoms. The molecular weight excluding hydrogens is 199 g/mol. The molecule has 0 aromatic heterocycles. The fraction of sp³-hybridized carbons (Fsp3) is 0.818. The lowest BCUT2D eigenvalue weighted by molar-refractivity contribution is -0.146. The number of carbonyl (C=O) groups is 2. The van der Waals surface area contributed by atoms with Crippen LogP contribution in [0.15, 0.2) is 0 Å². The molecule has 1 N–H and O–H groups in total. The molecule has 1 saturated carbocycles. The number of carbonyl (C=O) groups excluding carboxylic acids is 1. The lowest BCUT2D eigenvalue weighted by Gasteiger charge is -2.35. The number of Topliss-reactive ketones (excluding diaryl/α,β-unsaturated/α-hetero) is 1. The first-order chi connectivity index (χ1) is 7.05. The van der Waals surface area contributed by atoms with Crippen molar-refractivity contribution in [3.63, 3.8) is 0 Å². The van der Waals surface area contributed by atoms with Crippen LogP contribution in [0, 0.1) is 11.3 Å². The van der Waals surface area contributed by atoms with Gasteiger partial charge < -0.3 is 5.11 Å². The van der Waals surface area contributed by atoms with Crippen LogP contribution in [0.3, 0.4) is 0 Å². The minimum atomic E-state index is -0.874. The highest BCUT2D eigenvalue weighted by Gasteiger charge is 2.42. The summed E-state index contributed by atoms with van der Waals surface area (Å²) in [5.74, 6) is -1.28. The SMILES string of the molecule is CCC(=O)C1(CF)CCC(C(=O)O)CC1. The molecule has 0 aliphatic heterocycles. The van der Waals surface area contributed by atoms with E-state index >= 15 is 0 Å². The summed E-state index contributed by atoms with van der Waals surface area (Å²) in [5, 5.41) is 8.80. The van der Waals surface area contributed by atoms with Gasteiger partial charge in [0.15, 0.2) is 0 Å². The van der Waals surface area contributed by atoms with Gasteiger partial charge in [-0.3, -0.25) is 14.0 Å². The Hall–Kier alpha value is -0.930. The third kappa shape index (κ3) is 2.36. The molecule has 0 bridgehead atoms. The second-order valence-electron chi connectivity index (χ2n) is 4.30. The first-order valence-electron chi connectivity index (χ1n) is 5.38. The number of rotatable bonds is 4. The fourth-order valence-corrected chi connectivity index (χ4v) is 2.28. The number of hydrogen-bond acceptors (Lipinski definition) is 2. The van der Waals surface area contributed by atoms with Gasteiger partial charge in [-0.25, -0.2) is 0 Å². The molecule has 1 aliphatic carbocycles. The van der Waals surface area contributed by atoms with Gasteiger partial charge in [-0.15, -0.1) is 0 Å². The molecule has 0 unspecified atom stereocenters. The molecule has 0 aromatic carbocycles. The van der Waals surface area contributed by atoms with E-state index in [4.69, 9.17) is 5.11 Å². The lowest BCUT2D eigenvalue weighted by atomic mass is 9.68. The molecule has 15 heavy (non-hydrogen) atoms. The van der Waals surface area contributed by atoms with Gasteiger partial charge in [-0.2, -0.15) is 0 Å². The third-order valence-corrected chi connectivity index (χ3v) is 3.46. The number of carboxylic acid groups (broad SMARTS) is 1. The van der Waals surface area contributed by atoms with Gasteiger partial charge in [0.05, 0.1) is 11.3 Å². The monoisotopic (exact) mass is 216 g/mol. The Bertz CT molecular complexity index is 255. The predicted octanol–water partition coefficient (Wildman–Crippen LogP) is 2.20. The van der Waals surface area contributed by atoms with Crippen LogP contribution < -0.4 is 0 Å². The molecular formula is C11H17FO3. The Morgan fingerprint density at radius 2 is 1.93 bits per heavy atom. The van der Waals surface area contributed by atoms with E-state index in [-0.39, 0.29) is 5.78 Å². The maximum absolute atomic E-state index is 12.9. The summed E-state index contributed by atoms with van der Waals surface area (Å²) in [5.41, 5.74) is -0.874. The third-order valence-electron chi connectivity index (χ3n) is 3.46. The second kappa shape index (κ2) is 4.73. The smallest absolute Gasteiger partial charge is 0.306 e. The molecule has 0 saturated heterocycles. The maximum atomic E-state index is 12.9. The predicted molar refractivity (Wildman–Crippen MR) is 53.3 cm³/mol. The number of carboxylic acids is 1. The molecule has 0 aromatic rings. The molecule has 1 rings (SSSR count). The van der Waals surface area contributed by atoms with Crippen LogP contribution in [0.25, 0.3) is 0 Å². The number of halogens is 1. The zero-order valence-electron chi connectivity index (χ0n) is 8.96. The lowest BCUT2D eigenvalue weighted by Crippen LogP contribution is -2.38. The topological polar surface area (TPSA) is 54.4 Å². The van der Waals surface area contributed by atoms with Gasteiger partial charge in [-0.05, 0) is 25.7 Å². The highest BCUT2D eigenvalue weighted by Crippen LogP contribution is 2.40. The van der Waals surface area contributed by atoms with Crippen molar-refractivity contribution < 1.29 is 19.1 Å². The van der Waals surface area contributed by atoms with E-state index in [9.17, 15) is 14.0 Å². The minimum absolute atomic E-state index is 0.0613. The van der Waals surface area contributed by atoms with Gasteiger partial charge >= 0.3 is 5.97 Å². The molecule has 0 amide bonds. The van der Waals surface area contributed by atoms with Crippen molar-refractivity contribution >= 4 is 11.8 Å².